The number of aromatic hydroxyl groups is 1. The molecule has 3 rings (SSSR count). The summed E-state index contributed by atoms with van der Waals surface area (Å²) in [6.45, 7) is 0.801. The van der Waals surface area contributed by atoms with E-state index in [1.54, 1.807) is 28.3 Å². The van der Waals surface area contributed by atoms with Crippen molar-refractivity contribution < 1.29 is 19.9 Å². The number of quaternary nitrogens is 1. The third-order valence-electron chi connectivity index (χ3n) is 4.78. The fourth-order valence-electron chi connectivity index (χ4n) is 3.38. The van der Waals surface area contributed by atoms with E-state index < -0.39 is 0 Å². The largest absolute Gasteiger partial charge is 0.494 e. The predicted molar refractivity (Wildman–Crippen MR) is 95.0 cm³/mol. The topological polar surface area (TPSA) is 82.2 Å². The first-order valence-corrected chi connectivity index (χ1v) is 8.38. The molecule has 1 aromatic carbocycles. The van der Waals surface area contributed by atoms with Gasteiger partial charge in [0, 0.05) is 26.1 Å². The Morgan fingerprint density at radius 1 is 1.20 bits per heavy atom. The van der Waals surface area contributed by atoms with E-state index in [1.165, 1.54) is 9.13 Å². The molecule has 1 aromatic heterocycles. The van der Waals surface area contributed by atoms with Crippen molar-refractivity contribution in [3.8, 4) is 17.4 Å². The molecule has 8 heteroatoms. The van der Waals surface area contributed by atoms with Crippen molar-refractivity contribution in [1.29, 1.82) is 0 Å². The second-order valence-corrected chi connectivity index (χ2v) is 6.47. The van der Waals surface area contributed by atoms with E-state index in [0.717, 1.165) is 24.1 Å². The summed E-state index contributed by atoms with van der Waals surface area (Å²) in [4.78, 5) is 12.8. The summed E-state index contributed by atoms with van der Waals surface area (Å²) in [5, 5.41) is 12.6. The quantitative estimate of drug-likeness (QED) is 0.770. The number of aromatic nitrogens is 2. The highest BCUT2D eigenvalue weighted by molar-refractivity contribution is 7.71. The average molecular weight is 364 g/mol. The highest BCUT2D eigenvalue weighted by Crippen LogP contribution is 2.36. The molecular weight excluding hydrogens is 342 g/mol. The first kappa shape index (κ1) is 17.5. The van der Waals surface area contributed by atoms with Gasteiger partial charge in [-0.2, -0.15) is 0 Å². The summed E-state index contributed by atoms with van der Waals surface area (Å²) in [7, 11) is 6.44. The molecule has 0 spiro atoms. The van der Waals surface area contributed by atoms with Crippen molar-refractivity contribution in [2.24, 2.45) is 14.1 Å². The number of benzene rings is 1. The first-order valence-electron chi connectivity index (χ1n) is 7.97. The Labute approximate surface area is 150 Å². The van der Waals surface area contributed by atoms with E-state index in [1.807, 2.05) is 17.4 Å². The van der Waals surface area contributed by atoms with Crippen molar-refractivity contribution in [2.45, 2.75) is 12.5 Å². The van der Waals surface area contributed by atoms with E-state index in [0.29, 0.717) is 17.1 Å². The summed E-state index contributed by atoms with van der Waals surface area (Å²) >= 11 is 5.20. The Kier molecular flexibility index (Phi) is 4.57. The molecule has 0 unspecified atom stereocenters. The standard InChI is InChI=1S/C17H21N3O4S/c1-19-15(21)13(16(22)20(2)17(19)25)14-10-8-12(24-4)11(23-3)7-9(10)5-6-18-14/h7-8,14,18,21H,5-6H2,1-4H3/p+1/t14-/m0/s1. The summed E-state index contributed by atoms with van der Waals surface area (Å²) in [5.41, 5.74) is 2.06. The fourth-order valence-corrected chi connectivity index (χ4v) is 3.55. The van der Waals surface area contributed by atoms with Crippen molar-refractivity contribution >= 4 is 12.2 Å². The monoisotopic (exact) mass is 364 g/mol. The van der Waals surface area contributed by atoms with Crippen LogP contribution in [-0.2, 0) is 20.5 Å². The van der Waals surface area contributed by atoms with Gasteiger partial charge in [0.2, 0.25) is 5.88 Å². The Hall–Kier alpha value is -2.32. The van der Waals surface area contributed by atoms with Crippen LogP contribution >= 0.6 is 12.2 Å². The summed E-state index contributed by atoms with van der Waals surface area (Å²) in [5.74, 6) is 1.16. The van der Waals surface area contributed by atoms with E-state index in [9.17, 15) is 9.90 Å². The van der Waals surface area contributed by atoms with Crippen LogP contribution in [0, 0.1) is 4.77 Å². The second kappa shape index (κ2) is 6.53. The van der Waals surface area contributed by atoms with Crippen LogP contribution < -0.4 is 20.3 Å². The lowest BCUT2D eigenvalue weighted by atomic mass is 9.90. The molecule has 1 aliphatic heterocycles. The smallest absolute Gasteiger partial charge is 0.267 e. The third kappa shape index (κ3) is 2.71. The van der Waals surface area contributed by atoms with Crippen LogP contribution in [0.15, 0.2) is 16.9 Å². The lowest BCUT2D eigenvalue weighted by Crippen LogP contribution is -2.87. The van der Waals surface area contributed by atoms with Crippen LogP contribution in [0.3, 0.4) is 0 Å². The molecule has 0 aliphatic carbocycles. The molecule has 2 heterocycles. The minimum Gasteiger partial charge on any atom is -0.494 e. The van der Waals surface area contributed by atoms with E-state index in [2.05, 4.69) is 0 Å². The Bertz CT molecular complexity index is 948. The minimum absolute atomic E-state index is 0.100. The molecular formula is C17H22N3O4S+. The number of rotatable bonds is 3. The molecule has 1 atom stereocenters. The number of methoxy groups -OCH3 is 2. The van der Waals surface area contributed by atoms with Gasteiger partial charge in [0.25, 0.3) is 5.56 Å². The number of ether oxygens (including phenoxy) is 2. The maximum atomic E-state index is 12.8. The van der Waals surface area contributed by atoms with Crippen molar-refractivity contribution in [1.82, 2.24) is 9.13 Å². The highest BCUT2D eigenvalue weighted by atomic mass is 32.1. The lowest BCUT2D eigenvalue weighted by molar-refractivity contribution is -0.690. The van der Waals surface area contributed by atoms with Gasteiger partial charge in [-0.15, -0.1) is 0 Å². The molecule has 0 bridgehead atoms. The molecule has 134 valence electrons. The van der Waals surface area contributed by atoms with Gasteiger partial charge in [0.05, 0.1) is 20.8 Å². The summed E-state index contributed by atoms with van der Waals surface area (Å²) < 4.78 is 13.9. The van der Waals surface area contributed by atoms with Crippen molar-refractivity contribution in [2.75, 3.05) is 20.8 Å². The van der Waals surface area contributed by atoms with Gasteiger partial charge in [-0.1, -0.05) is 0 Å². The molecule has 3 N–H and O–H groups in total. The van der Waals surface area contributed by atoms with Crippen molar-refractivity contribution in [3.63, 3.8) is 0 Å². The minimum atomic E-state index is -0.330. The van der Waals surface area contributed by atoms with Crippen LogP contribution in [0.4, 0.5) is 0 Å². The van der Waals surface area contributed by atoms with Gasteiger partial charge in [-0.25, -0.2) is 0 Å². The zero-order chi connectivity index (χ0) is 18.3. The average Bonchev–Trinajstić information content (AvgIpc) is 2.63. The molecule has 0 amide bonds. The third-order valence-corrected chi connectivity index (χ3v) is 5.32. The molecule has 0 saturated carbocycles. The molecule has 1 aliphatic rings. The van der Waals surface area contributed by atoms with Gasteiger partial charge in [0.1, 0.15) is 11.6 Å². The second-order valence-electron chi connectivity index (χ2n) is 6.10. The SMILES string of the molecule is COc1cc2c(cc1OC)[C@@H](c1c(O)n(C)c(=S)n(C)c1=O)[NH2+]CC2. The number of fused-ring (bicyclic) bond motifs is 1. The van der Waals surface area contributed by atoms with Crippen LogP contribution in [-0.4, -0.2) is 35.0 Å². The molecule has 25 heavy (non-hydrogen) atoms. The van der Waals surface area contributed by atoms with Gasteiger partial charge >= 0.3 is 0 Å². The first-order chi connectivity index (χ1) is 11.9. The highest BCUT2D eigenvalue weighted by Gasteiger charge is 2.33. The number of nitrogens with zero attached hydrogens (tertiary/aromatic N) is 2. The number of hydrogen-bond donors (Lipinski definition) is 2. The van der Waals surface area contributed by atoms with Crippen LogP contribution in [0.25, 0.3) is 0 Å². The normalized spacial score (nSPS) is 16.4. The van der Waals surface area contributed by atoms with E-state index >= 15 is 0 Å². The molecule has 2 aromatic rings. The Balaban J connectivity index is 2.27. The molecule has 0 fully saturated rings. The number of hydrogen-bond acceptors (Lipinski definition) is 5. The maximum absolute atomic E-state index is 12.8. The van der Waals surface area contributed by atoms with Crippen LogP contribution in [0.2, 0.25) is 0 Å². The van der Waals surface area contributed by atoms with Crippen LogP contribution in [0.1, 0.15) is 22.7 Å². The number of nitrogens with two attached hydrogens (primary N) is 1. The molecule has 7 nitrogen and oxygen atoms in total. The van der Waals surface area contributed by atoms with E-state index in [-0.39, 0.29) is 22.3 Å². The predicted octanol–water partition coefficient (Wildman–Crippen LogP) is 0.385. The maximum Gasteiger partial charge on any atom is 0.267 e. The van der Waals surface area contributed by atoms with Gasteiger partial charge in [-0.3, -0.25) is 13.9 Å². The Morgan fingerprint density at radius 2 is 1.84 bits per heavy atom. The summed E-state index contributed by atoms with van der Waals surface area (Å²) in [6, 6.07) is 3.50. The van der Waals surface area contributed by atoms with E-state index in [4.69, 9.17) is 21.7 Å². The zero-order valence-electron chi connectivity index (χ0n) is 14.7. The molecule has 0 radical (unpaired) electrons. The lowest BCUT2D eigenvalue weighted by Gasteiger charge is -2.26. The molecule has 0 saturated heterocycles. The van der Waals surface area contributed by atoms with Crippen molar-refractivity contribution in [3.05, 3.63) is 43.9 Å². The van der Waals surface area contributed by atoms with Gasteiger partial charge in [0.15, 0.2) is 16.3 Å². The zero-order valence-corrected chi connectivity index (χ0v) is 15.5. The summed E-state index contributed by atoms with van der Waals surface area (Å²) in [6.07, 6.45) is 0.846. The van der Waals surface area contributed by atoms with Gasteiger partial charge in [-0.05, 0) is 29.9 Å². The Morgan fingerprint density at radius 3 is 2.48 bits per heavy atom. The fraction of sp³-hybridized carbons (Fsp3) is 0.412. The van der Waals surface area contributed by atoms with Crippen LogP contribution in [0.5, 0.6) is 17.4 Å². The van der Waals surface area contributed by atoms with Gasteiger partial charge < -0.3 is 19.9 Å².